The Morgan fingerprint density at radius 1 is 1.33 bits per heavy atom. The summed E-state index contributed by atoms with van der Waals surface area (Å²) in [5.74, 6) is -2.20. The van der Waals surface area contributed by atoms with Crippen molar-refractivity contribution < 1.29 is 23.5 Å². The molecule has 1 aliphatic heterocycles. The van der Waals surface area contributed by atoms with Crippen LogP contribution in [0.3, 0.4) is 0 Å². The molecule has 0 aromatic heterocycles. The first-order valence-corrected chi connectivity index (χ1v) is 9.09. The van der Waals surface area contributed by atoms with Crippen LogP contribution in [-0.2, 0) is 19.1 Å². The van der Waals surface area contributed by atoms with Gasteiger partial charge < -0.3 is 15.0 Å². The average molecular weight is 376 g/mol. The van der Waals surface area contributed by atoms with E-state index in [1.54, 1.807) is 19.9 Å². The van der Waals surface area contributed by atoms with Gasteiger partial charge in [0.25, 0.3) is 0 Å². The van der Waals surface area contributed by atoms with E-state index < -0.39 is 17.7 Å². The minimum absolute atomic E-state index is 0.0317. The number of nitrogens with zero attached hydrogens (tertiary/aromatic N) is 1. The van der Waals surface area contributed by atoms with E-state index in [1.807, 2.05) is 6.92 Å². The Labute approximate surface area is 158 Å². The van der Waals surface area contributed by atoms with Gasteiger partial charge in [0.1, 0.15) is 12.4 Å². The van der Waals surface area contributed by atoms with Gasteiger partial charge in [-0.2, -0.15) is 0 Å². The van der Waals surface area contributed by atoms with E-state index in [0.29, 0.717) is 17.8 Å². The van der Waals surface area contributed by atoms with Gasteiger partial charge in [0, 0.05) is 24.6 Å². The van der Waals surface area contributed by atoms with Crippen molar-refractivity contribution >= 4 is 17.8 Å². The molecule has 27 heavy (non-hydrogen) atoms. The third-order valence-electron chi connectivity index (χ3n) is 4.44. The number of nitrogens with one attached hydrogen (secondary N) is 1. The lowest BCUT2D eigenvalue weighted by Crippen LogP contribution is -2.44. The highest BCUT2D eigenvalue weighted by Crippen LogP contribution is 2.37. The topological polar surface area (TPSA) is 75.7 Å². The Balaban J connectivity index is 2.41. The van der Waals surface area contributed by atoms with E-state index in [1.165, 1.54) is 23.1 Å². The fraction of sp³-hybridized carbons (Fsp3) is 0.450. The zero-order valence-electron chi connectivity index (χ0n) is 15.9. The molecule has 2 amide bonds. The molecular formula is C20H25FN2O4. The highest BCUT2D eigenvalue weighted by Gasteiger charge is 2.37. The number of esters is 1. The lowest BCUT2D eigenvalue weighted by atomic mass is 9.83. The second-order valence-electron chi connectivity index (χ2n) is 6.36. The molecule has 0 aliphatic carbocycles. The molecule has 1 aliphatic rings. The van der Waals surface area contributed by atoms with Crippen molar-refractivity contribution in [2.45, 2.75) is 39.5 Å². The lowest BCUT2D eigenvalue weighted by molar-refractivity contribution is -0.141. The Morgan fingerprint density at radius 3 is 2.70 bits per heavy atom. The summed E-state index contributed by atoms with van der Waals surface area (Å²) in [5, 5.41) is 2.72. The summed E-state index contributed by atoms with van der Waals surface area (Å²) >= 11 is 0. The van der Waals surface area contributed by atoms with E-state index >= 15 is 0 Å². The van der Waals surface area contributed by atoms with E-state index in [4.69, 9.17) is 4.74 Å². The molecular weight excluding hydrogens is 351 g/mol. The molecule has 0 radical (unpaired) electrons. The lowest BCUT2D eigenvalue weighted by Gasteiger charge is -2.34. The van der Waals surface area contributed by atoms with Gasteiger partial charge in [-0.1, -0.05) is 19.1 Å². The monoisotopic (exact) mass is 376 g/mol. The molecule has 1 N–H and O–H groups in total. The maximum absolute atomic E-state index is 13.7. The van der Waals surface area contributed by atoms with Gasteiger partial charge in [0.2, 0.25) is 11.8 Å². The summed E-state index contributed by atoms with van der Waals surface area (Å²) in [4.78, 5) is 38.6. The number of hydrogen-bond acceptors (Lipinski definition) is 4. The predicted octanol–water partition coefficient (Wildman–Crippen LogP) is 2.50. The van der Waals surface area contributed by atoms with Crippen molar-refractivity contribution in [3.8, 4) is 0 Å². The Bertz CT molecular complexity index is 760. The molecule has 0 spiro atoms. The van der Waals surface area contributed by atoms with Crippen molar-refractivity contribution in [2.75, 3.05) is 19.7 Å². The Kier molecular flexibility index (Phi) is 7.10. The molecule has 2 rings (SSSR count). The average Bonchev–Trinajstić information content (AvgIpc) is 2.63. The number of carbonyl (C=O) groups excluding carboxylic acids is 3. The van der Waals surface area contributed by atoms with E-state index in [2.05, 4.69) is 5.32 Å². The van der Waals surface area contributed by atoms with Gasteiger partial charge in [-0.15, -0.1) is 0 Å². The molecule has 1 aromatic rings. The van der Waals surface area contributed by atoms with Crippen LogP contribution in [0.1, 0.15) is 45.1 Å². The first-order valence-electron chi connectivity index (χ1n) is 9.09. The van der Waals surface area contributed by atoms with Crippen LogP contribution >= 0.6 is 0 Å². The van der Waals surface area contributed by atoms with E-state index in [-0.39, 0.29) is 37.0 Å². The normalized spacial score (nSPS) is 17.1. The van der Waals surface area contributed by atoms with Crippen LogP contribution in [0.25, 0.3) is 0 Å². The number of hydrogen-bond donors (Lipinski definition) is 1. The largest absolute Gasteiger partial charge is 0.463 e. The van der Waals surface area contributed by atoms with Crippen LogP contribution in [-0.4, -0.2) is 42.4 Å². The molecule has 1 aromatic carbocycles. The van der Waals surface area contributed by atoms with Crippen LogP contribution in [0.2, 0.25) is 0 Å². The first-order chi connectivity index (χ1) is 12.9. The molecule has 1 heterocycles. The van der Waals surface area contributed by atoms with Crippen molar-refractivity contribution in [2.24, 2.45) is 0 Å². The third kappa shape index (κ3) is 4.93. The van der Waals surface area contributed by atoms with Gasteiger partial charge in [-0.3, -0.25) is 9.59 Å². The molecule has 146 valence electrons. The number of halogens is 1. The minimum atomic E-state index is -0.609. The standard InChI is InChI=1S/C20H25FN2O4/c1-4-9-22-17(24)12-23-13(3)19(20(26)27-5-2)16(11-18(23)25)14-7-6-8-15(21)10-14/h6-8,10,16H,4-5,9,11-12H2,1-3H3,(H,22,24). The Hall–Kier alpha value is -2.70. The van der Waals surface area contributed by atoms with Crippen LogP contribution < -0.4 is 5.32 Å². The minimum Gasteiger partial charge on any atom is -0.463 e. The summed E-state index contributed by atoms with van der Waals surface area (Å²) in [6, 6.07) is 5.84. The second-order valence-corrected chi connectivity index (χ2v) is 6.36. The number of ether oxygens (including phenoxy) is 1. The molecule has 7 heteroatoms. The van der Waals surface area contributed by atoms with Crippen LogP contribution in [0.5, 0.6) is 0 Å². The highest BCUT2D eigenvalue weighted by molar-refractivity contribution is 5.97. The summed E-state index contributed by atoms with van der Waals surface area (Å²) in [6.45, 7) is 5.76. The SMILES string of the molecule is CCCNC(=O)CN1C(=O)CC(c2cccc(F)c2)C(C(=O)OCC)=C1C. The molecule has 0 bridgehead atoms. The van der Waals surface area contributed by atoms with Gasteiger partial charge in [0.15, 0.2) is 0 Å². The number of rotatable bonds is 7. The quantitative estimate of drug-likeness (QED) is 0.742. The van der Waals surface area contributed by atoms with Crippen molar-refractivity contribution in [1.29, 1.82) is 0 Å². The zero-order chi connectivity index (χ0) is 20.0. The molecule has 0 saturated carbocycles. The van der Waals surface area contributed by atoms with Crippen LogP contribution in [0.15, 0.2) is 35.5 Å². The van der Waals surface area contributed by atoms with Crippen molar-refractivity contribution in [1.82, 2.24) is 10.2 Å². The zero-order valence-corrected chi connectivity index (χ0v) is 15.9. The maximum atomic E-state index is 13.7. The second kappa shape index (κ2) is 9.30. The molecule has 0 saturated heterocycles. The van der Waals surface area contributed by atoms with E-state index in [0.717, 1.165) is 6.42 Å². The van der Waals surface area contributed by atoms with E-state index in [9.17, 15) is 18.8 Å². The number of carbonyl (C=O) groups is 3. The predicted molar refractivity (Wildman–Crippen MR) is 98.1 cm³/mol. The molecule has 0 fully saturated rings. The van der Waals surface area contributed by atoms with Crippen LogP contribution in [0, 0.1) is 5.82 Å². The summed E-state index contributed by atoms with van der Waals surface area (Å²) in [7, 11) is 0. The summed E-state index contributed by atoms with van der Waals surface area (Å²) in [5.41, 5.74) is 1.18. The smallest absolute Gasteiger partial charge is 0.336 e. The Morgan fingerprint density at radius 2 is 2.07 bits per heavy atom. The van der Waals surface area contributed by atoms with Crippen molar-refractivity contribution in [3.63, 3.8) is 0 Å². The summed E-state index contributed by atoms with van der Waals surface area (Å²) in [6.07, 6.45) is 0.750. The van der Waals surface area contributed by atoms with Crippen molar-refractivity contribution in [3.05, 3.63) is 46.9 Å². The molecule has 1 atom stereocenters. The first kappa shape index (κ1) is 20.6. The summed E-state index contributed by atoms with van der Waals surface area (Å²) < 4.78 is 18.8. The highest BCUT2D eigenvalue weighted by atomic mass is 19.1. The fourth-order valence-corrected chi connectivity index (χ4v) is 3.15. The molecule has 6 nitrogen and oxygen atoms in total. The molecule has 1 unspecified atom stereocenters. The van der Waals surface area contributed by atoms with Gasteiger partial charge in [-0.25, -0.2) is 9.18 Å². The third-order valence-corrected chi connectivity index (χ3v) is 4.44. The number of amides is 2. The maximum Gasteiger partial charge on any atom is 0.336 e. The van der Waals surface area contributed by atoms with Gasteiger partial charge in [-0.05, 0) is 38.0 Å². The van der Waals surface area contributed by atoms with Crippen LogP contribution in [0.4, 0.5) is 4.39 Å². The number of benzene rings is 1. The fourth-order valence-electron chi connectivity index (χ4n) is 3.15. The number of allylic oxidation sites excluding steroid dienone is 1. The van der Waals surface area contributed by atoms with Gasteiger partial charge >= 0.3 is 5.97 Å². The van der Waals surface area contributed by atoms with Gasteiger partial charge in [0.05, 0.1) is 12.2 Å².